The fourth-order valence-electron chi connectivity index (χ4n) is 4.55. The van der Waals surface area contributed by atoms with Crippen molar-refractivity contribution in [1.82, 2.24) is 25.3 Å². The Morgan fingerprint density at radius 2 is 1.94 bits per heavy atom. The number of nitrogens with one attached hydrogen (secondary N) is 1. The number of amides is 1. The standard InChI is InChI=1S/C23H31Cl2N5O2/c24-18-7-8-19(20(25)14-18)22-27-21(32-28-22)16-30-12-4-6-17(15-30)23(31)26-9-5-13-29-10-2-1-3-11-29/h7-8,14,17H,1-6,9-13,15-16H2,(H,26,31). The SMILES string of the molecule is O=C(NCCCN1CCCCC1)C1CCCN(Cc2nc(-c3ccc(Cl)cc3Cl)no2)C1. The number of likely N-dealkylation sites (tertiary alicyclic amines) is 2. The Bertz CT molecular complexity index is 900. The normalized spacial score (nSPS) is 20.4. The summed E-state index contributed by atoms with van der Waals surface area (Å²) in [5, 5.41) is 8.25. The molecule has 0 bridgehead atoms. The van der Waals surface area contributed by atoms with Gasteiger partial charge in [0.25, 0.3) is 0 Å². The minimum Gasteiger partial charge on any atom is -0.356 e. The number of aromatic nitrogens is 2. The molecule has 0 radical (unpaired) electrons. The summed E-state index contributed by atoms with van der Waals surface area (Å²) in [5.41, 5.74) is 0.687. The van der Waals surface area contributed by atoms with Gasteiger partial charge in [-0.05, 0) is 76.5 Å². The molecule has 0 aliphatic carbocycles. The zero-order valence-corrected chi connectivity index (χ0v) is 19.9. The molecule has 1 aromatic heterocycles. The van der Waals surface area contributed by atoms with Gasteiger partial charge >= 0.3 is 0 Å². The summed E-state index contributed by atoms with van der Waals surface area (Å²) in [6.45, 7) is 6.38. The van der Waals surface area contributed by atoms with Crippen molar-refractivity contribution in [2.45, 2.75) is 45.1 Å². The van der Waals surface area contributed by atoms with Crippen molar-refractivity contribution < 1.29 is 9.32 Å². The van der Waals surface area contributed by atoms with E-state index < -0.39 is 0 Å². The summed E-state index contributed by atoms with van der Waals surface area (Å²) in [6.07, 6.45) is 6.88. The Morgan fingerprint density at radius 1 is 1.12 bits per heavy atom. The van der Waals surface area contributed by atoms with Crippen molar-refractivity contribution in [3.05, 3.63) is 34.1 Å². The monoisotopic (exact) mass is 479 g/mol. The third-order valence-corrected chi connectivity index (χ3v) is 6.82. The van der Waals surface area contributed by atoms with Crippen LogP contribution in [0.15, 0.2) is 22.7 Å². The van der Waals surface area contributed by atoms with E-state index in [1.807, 2.05) is 0 Å². The Kier molecular flexibility index (Phi) is 8.41. The molecule has 2 saturated heterocycles. The highest BCUT2D eigenvalue weighted by atomic mass is 35.5. The van der Waals surface area contributed by atoms with Crippen LogP contribution in [0.3, 0.4) is 0 Å². The smallest absolute Gasteiger partial charge is 0.241 e. The molecule has 2 fully saturated rings. The van der Waals surface area contributed by atoms with Crippen molar-refractivity contribution in [2.24, 2.45) is 5.92 Å². The van der Waals surface area contributed by atoms with Crippen LogP contribution in [0.5, 0.6) is 0 Å². The van der Waals surface area contributed by atoms with Crippen LogP contribution < -0.4 is 5.32 Å². The van der Waals surface area contributed by atoms with Crippen molar-refractivity contribution in [2.75, 3.05) is 39.3 Å². The molecule has 2 aliphatic rings. The van der Waals surface area contributed by atoms with E-state index in [0.29, 0.717) is 40.4 Å². The number of rotatable bonds is 8. The van der Waals surface area contributed by atoms with Crippen LogP contribution in [0.4, 0.5) is 0 Å². The highest BCUT2D eigenvalue weighted by Gasteiger charge is 2.27. The first-order chi connectivity index (χ1) is 15.6. The molecule has 1 amide bonds. The summed E-state index contributed by atoms with van der Waals surface area (Å²) in [5.74, 6) is 1.13. The number of benzene rings is 1. The van der Waals surface area contributed by atoms with E-state index in [4.69, 9.17) is 27.7 Å². The van der Waals surface area contributed by atoms with Gasteiger partial charge in [-0.25, -0.2) is 0 Å². The zero-order valence-electron chi connectivity index (χ0n) is 18.4. The van der Waals surface area contributed by atoms with Crippen LogP contribution in [0.25, 0.3) is 11.4 Å². The average Bonchev–Trinajstić information content (AvgIpc) is 3.25. The fourth-order valence-corrected chi connectivity index (χ4v) is 5.04. The first-order valence-electron chi connectivity index (χ1n) is 11.6. The summed E-state index contributed by atoms with van der Waals surface area (Å²) in [7, 11) is 0. The lowest BCUT2D eigenvalue weighted by molar-refractivity contribution is -0.126. The third-order valence-electron chi connectivity index (χ3n) is 6.27. The van der Waals surface area contributed by atoms with Gasteiger partial charge in [0.1, 0.15) is 0 Å². The van der Waals surface area contributed by atoms with Crippen molar-refractivity contribution in [3.63, 3.8) is 0 Å². The van der Waals surface area contributed by atoms with Gasteiger partial charge in [0.05, 0.1) is 17.5 Å². The highest BCUT2D eigenvalue weighted by molar-refractivity contribution is 6.36. The Morgan fingerprint density at radius 3 is 2.75 bits per heavy atom. The lowest BCUT2D eigenvalue weighted by Gasteiger charge is -2.31. The summed E-state index contributed by atoms with van der Waals surface area (Å²) >= 11 is 12.2. The van der Waals surface area contributed by atoms with Crippen LogP contribution in [-0.2, 0) is 11.3 Å². The van der Waals surface area contributed by atoms with Crippen molar-refractivity contribution in [1.29, 1.82) is 0 Å². The van der Waals surface area contributed by atoms with Crippen LogP contribution in [0.2, 0.25) is 10.0 Å². The van der Waals surface area contributed by atoms with Gasteiger partial charge in [-0.15, -0.1) is 0 Å². The van der Waals surface area contributed by atoms with Crippen LogP contribution in [-0.4, -0.2) is 65.1 Å². The topological polar surface area (TPSA) is 74.5 Å². The second-order valence-electron chi connectivity index (χ2n) is 8.76. The van der Waals surface area contributed by atoms with Gasteiger partial charge in [-0.3, -0.25) is 9.69 Å². The lowest BCUT2D eigenvalue weighted by Crippen LogP contribution is -2.43. The molecule has 7 nitrogen and oxygen atoms in total. The van der Waals surface area contributed by atoms with Gasteiger partial charge in [0.15, 0.2) is 0 Å². The van der Waals surface area contributed by atoms with E-state index in [2.05, 4.69) is 25.3 Å². The highest BCUT2D eigenvalue weighted by Crippen LogP contribution is 2.28. The average molecular weight is 480 g/mol. The molecule has 1 unspecified atom stereocenters. The number of nitrogens with zero attached hydrogens (tertiary/aromatic N) is 4. The predicted octanol–water partition coefficient (Wildman–Crippen LogP) is 4.25. The number of piperidine rings is 2. The minimum absolute atomic E-state index is 0.00633. The Balaban J connectivity index is 1.23. The van der Waals surface area contributed by atoms with E-state index in [1.54, 1.807) is 18.2 Å². The molecule has 4 rings (SSSR count). The summed E-state index contributed by atoms with van der Waals surface area (Å²) in [6, 6.07) is 5.19. The van der Waals surface area contributed by atoms with Crippen LogP contribution >= 0.6 is 23.2 Å². The molecule has 2 aromatic rings. The van der Waals surface area contributed by atoms with Gasteiger partial charge in [-0.2, -0.15) is 4.98 Å². The lowest BCUT2D eigenvalue weighted by atomic mass is 9.97. The second-order valence-corrected chi connectivity index (χ2v) is 9.60. The first kappa shape index (κ1) is 23.5. The number of hydrogen-bond donors (Lipinski definition) is 1. The molecule has 0 spiro atoms. The molecular formula is C23H31Cl2N5O2. The van der Waals surface area contributed by atoms with E-state index in [0.717, 1.165) is 38.9 Å². The van der Waals surface area contributed by atoms with Gasteiger partial charge in [-0.1, -0.05) is 34.8 Å². The van der Waals surface area contributed by atoms with Crippen LogP contribution in [0, 0.1) is 5.92 Å². The molecule has 9 heteroatoms. The molecule has 1 atom stereocenters. The van der Waals surface area contributed by atoms with E-state index in [-0.39, 0.29) is 11.8 Å². The van der Waals surface area contributed by atoms with E-state index in [9.17, 15) is 4.79 Å². The first-order valence-corrected chi connectivity index (χ1v) is 12.3. The Labute approximate surface area is 199 Å². The summed E-state index contributed by atoms with van der Waals surface area (Å²) < 4.78 is 5.44. The number of carbonyl (C=O) groups is 1. The maximum absolute atomic E-state index is 12.7. The summed E-state index contributed by atoms with van der Waals surface area (Å²) in [4.78, 5) is 21.9. The third kappa shape index (κ3) is 6.44. The quantitative estimate of drug-likeness (QED) is 0.570. The molecule has 174 valence electrons. The Hall–Kier alpha value is -1.67. The maximum atomic E-state index is 12.7. The van der Waals surface area contributed by atoms with E-state index in [1.165, 1.54) is 32.4 Å². The van der Waals surface area contributed by atoms with Gasteiger partial charge < -0.3 is 14.7 Å². The molecule has 3 heterocycles. The predicted molar refractivity (Wildman–Crippen MR) is 126 cm³/mol. The molecule has 2 aliphatic heterocycles. The van der Waals surface area contributed by atoms with Gasteiger partial charge in [0, 0.05) is 23.7 Å². The number of halogens is 2. The molecule has 0 saturated carbocycles. The van der Waals surface area contributed by atoms with Gasteiger partial charge in [0.2, 0.25) is 17.6 Å². The molecule has 1 aromatic carbocycles. The van der Waals surface area contributed by atoms with Crippen LogP contribution in [0.1, 0.15) is 44.4 Å². The van der Waals surface area contributed by atoms with Crippen molar-refractivity contribution >= 4 is 29.1 Å². The fraction of sp³-hybridized carbons (Fsp3) is 0.609. The van der Waals surface area contributed by atoms with Crippen molar-refractivity contribution in [3.8, 4) is 11.4 Å². The minimum atomic E-state index is 0.00633. The maximum Gasteiger partial charge on any atom is 0.241 e. The second kappa shape index (κ2) is 11.5. The molecule has 32 heavy (non-hydrogen) atoms. The largest absolute Gasteiger partial charge is 0.356 e. The number of hydrogen-bond acceptors (Lipinski definition) is 6. The molecular weight excluding hydrogens is 449 g/mol. The van der Waals surface area contributed by atoms with E-state index >= 15 is 0 Å². The number of carbonyl (C=O) groups excluding carboxylic acids is 1. The molecule has 1 N–H and O–H groups in total. The zero-order chi connectivity index (χ0) is 22.3.